The summed E-state index contributed by atoms with van der Waals surface area (Å²) in [7, 11) is 0. The summed E-state index contributed by atoms with van der Waals surface area (Å²) in [4.78, 5) is 14.4. The van der Waals surface area contributed by atoms with E-state index in [0.717, 1.165) is 26.1 Å². The second-order valence-corrected chi connectivity index (χ2v) is 5.67. The zero-order chi connectivity index (χ0) is 11.5. The predicted molar refractivity (Wildman–Crippen MR) is 65.2 cm³/mol. The Morgan fingerprint density at radius 1 is 1.25 bits per heavy atom. The lowest BCUT2D eigenvalue weighted by molar-refractivity contribution is -0.136. The molecule has 2 aliphatic heterocycles. The lowest BCUT2D eigenvalue weighted by atomic mass is 9.92. The standard InChI is InChI=1S/C13H24N2O/c1-10-5-6-14-12(8-10)13(16)15-7-3-4-11(2)9-15/h10-12,14H,3-9H2,1-2H3. The molecule has 2 fully saturated rings. The van der Waals surface area contributed by atoms with E-state index in [9.17, 15) is 4.79 Å². The van der Waals surface area contributed by atoms with E-state index in [1.165, 1.54) is 19.3 Å². The third-order valence-corrected chi connectivity index (χ3v) is 3.93. The van der Waals surface area contributed by atoms with Gasteiger partial charge in [0.1, 0.15) is 0 Å². The molecule has 0 spiro atoms. The summed E-state index contributed by atoms with van der Waals surface area (Å²) in [6, 6.07) is 0.0917. The van der Waals surface area contributed by atoms with Crippen LogP contribution in [0.4, 0.5) is 0 Å². The molecule has 0 saturated carbocycles. The summed E-state index contributed by atoms with van der Waals surface area (Å²) in [6.07, 6.45) is 4.68. The van der Waals surface area contributed by atoms with Crippen molar-refractivity contribution in [1.82, 2.24) is 10.2 Å². The van der Waals surface area contributed by atoms with Crippen LogP contribution in [0.25, 0.3) is 0 Å². The Hall–Kier alpha value is -0.570. The molecule has 1 N–H and O–H groups in total. The maximum atomic E-state index is 12.3. The van der Waals surface area contributed by atoms with Crippen LogP contribution in [0.15, 0.2) is 0 Å². The van der Waals surface area contributed by atoms with Gasteiger partial charge in [0.25, 0.3) is 0 Å². The zero-order valence-corrected chi connectivity index (χ0v) is 10.5. The van der Waals surface area contributed by atoms with Crippen molar-refractivity contribution < 1.29 is 4.79 Å². The molecule has 0 bridgehead atoms. The summed E-state index contributed by atoms with van der Waals surface area (Å²) < 4.78 is 0. The largest absolute Gasteiger partial charge is 0.341 e. The van der Waals surface area contributed by atoms with E-state index in [4.69, 9.17) is 0 Å². The van der Waals surface area contributed by atoms with Crippen molar-refractivity contribution in [3.63, 3.8) is 0 Å². The molecule has 2 aliphatic rings. The van der Waals surface area contributed by atoms with Crippen molar-refractivity contribution in [2.45, 2.75) is 45.6 Å². The topological polar surface area (TPSA) is 32.3 Å². The van der Waals surface area contributed by atoms with Gasteiger partial charge in [-0.2, -0.15) is 0 Å². The molecule has 2 rings (SSSR count). The molecule has 2 saturated heterocycles. The summed E-state index contributed by atoms with van der Waals surface area (Å²) in [5.74, 6) is 1.72. The van der Waals surface area contributed by atoms with Gasteiger partial charge < -0.3 is 10.2 Å². The van der Waals surface area contributed by atoms with Crippen LogP contribution in [0, 0.1) is 11.8 Å². The van der Waals surface area contributed by atoms with Crippen molar-refractivity contribution in [3.05, 3.63) is 0 Å². The van der Waals surface area contributed by atoms with Crippen molar-refractivity contribution in [1.29, 1.82) is 0 Å². The van der Waals surface area contributed by atoms with Crippen molar-refractivity contribution in [2.24, 2.45) is 11.8 Å². The highest BCUT2D eigenvalue weighted by atomic mass is 16.2. The number of nitrogens with zero attached hydrogens (tertiary/aromatic N) is 1. The second-order valence-electron chi connectivity index (χ2n) is 5.67. The van der Waals surface area contributed by atoms with Crippen molar-refractivity contribution >= 4 is 5.91 Å². The van der Waals surface area contributed by atoms with Gasteiger partial charge in [0, 0.05) is 13.1 Å². The highest BCUT2D eigenvalue weighted by Gasteiger charge is 2.30. The van der Waals surface area contributed by atoms with Crippen LogP contribution >= 0.6 is 0 Å². The quantitative estimate of drug-likeness (QED) is 0.734. The normalized spacial score (nSPS) is 36.1. The van der Waals surface area contributed by atoms with Crippen molar-refractivity contribution in [2.75, 3.05) is 19.6 Å². The van der Waals surface area contributed by atoms with E-state index >= 15 is 0 Å². The fourth-order valence-electron chi connectivity index (χ4n) is 2.91. The minimum Gasteiger partial charge on any atom is -0.341 e. The van der Waals surface area contributed by atoms with Crippen LogP contribution in [-0.4, -0.2) is 36.5 Å². The lowest BCUT2D eigenvalue weighted by Gasteiger charge is -2.36. The van der Waals surface area contributed by atoms with E-state index in [-0.39, 0.29) is 6.04 Å². The number of nitrogens with one attached hydrogen (secondary N) is 1. The average molecular weight is 224 g/mol. The molecule has 1 amide bonds. The molecule has 3 atom stereocenters. The number of likely N-dealkylation sites (tertiary alicyclic amines) is 1. The second kappa shape index (κ2) is 5.17. The Kier molecular flexibility index (Phi) is 3.85. The molecule has 0 aliphatic carbocycles. The van der Waals surface area contributed by atoms with E-state index in [1.807, 2.05) is 0 Å². The molecule has 92 valence electrons. The van der Waals surface area contributed by atoms with Gasteiger partial charge in [-0.1, -0.05) is 13.8 Å². The van der Waals surface area contributed by atoms with Crippen LogP contribution in [0.1, 0.15) is 39.5 Å². The number of hydrogen-bond donors (Lipinski definition) is 1. The van der Waals surface area contributed by atoms with Crippen LogP contribution in [-0.2, 0) is 4.79 Å². The van der Waals surface area contributed by atoms with Gasteiger partial charge >= 0.3 is 0 Å². The SMILES string of the molecule is CC1CCNC(C(=O)N2CCCC(C)C2)C1. The van der Waals surface area contributed by atoms with E-state index in [2.05, 4.69) is 24.1 Å². The highest BCUT2D eigenvalue weighted by molar-refractivity contribution is 5.82. The maximum Gasteiger partial charge on any atom is 0.239 e. The summed E-state index contributed by atoms with van der Waals surface area (Å²) in [5, 5.41) is 3.37. The first-order valence-corrected chi connectivity index (χ1v) is 6.69. The first-order chi connectivity index (χ1) is 7.66. The zero-order valence-electron chi connectivity index (χ0n) is 10.5. The molecular formula is C13H24N2O. The summed E-state index contributed by atoms with van der Waals surface area (Å²) in [6.45, 7) is 7.43. The van der Waals surface area contributed by atoms with E-state index in [1.54, 1.807) is 0 Å². The predicted octanol–water partition coefficient (Wildman–Crippen LogP) is 1.63. The number of carbonyl (C=O) groups is 1. The molecule has 3 nitrogen and oxygen atoms in total. The van der Waals surface area contributed by atoms with Crippen LogP contribution < -0.4 is 5.32 Å². The number of carbonyl (C=O) groups excluding carboxylic acids is 1. The van der Waals surface area contributed by atoms with E-state index < -0.39 is 0 Å². The molecule has 2 heterocycles. The average Bonchev–Trinajstić information content (AvgIpc) is 2.28. The Bertz CT molecular complexity index is 230. The monoisotopic (exact) mass is 224 g/mol. The van der Waals surface area contributed by atoms with Gasteiger partial charge in [-0.25, -0.2) is 0 Å². The minimum atomic E-state index is 0.0917. The Labute approximate surface area is 98.6 Å². The molecular weight excluding hydrogens is 200 g/mol. The van der Waals surface area contributed by atoms with E-state index in [0.29, 0.717) is 17.7 Å². The number of piperidine rings is 2. The maximum absolute atomic E-state index is 12.3. The third kappa shape index (κ3) is 2.76. The summed E-state index contributed by atoms with van der Waals surface area (Å²) in [5.41, 5.74) is 0. The fraction of sp³-hybridized carbons (Fsp3) is 0.923. The molecule has 0 aromatic heterocycles. The fourth-order valence-corrected chi connectivity index (χ4v) is 2.91. The Morgan fingerprint density at radius 3 is 2.75 bits per heavy atom. The van der Waals surface area contributed by atoms with Crippen LogP contribution in [0.2, 0.25) is 0 Å². The van der Waals surface area contributed by atoms with Gasteiger partial charge in [0.15, 0.2) is 0 Å². The minimum absolute atomic E-state index is 0.0917. The first kappa shape index (κ1) is 11.9. The van der Waals surface area contributed by atoms with Gasteiger partial charge in [-0.3, -0.25) is 4.79 Å². The third-order valence-electron chi connectivity index (χ3n) is 3.93. The smallest absolute Gasteiger partial charge is 0.239 e. The van der Waals surface area contributed by atoms with Crippen LogP contribution in [0.3, 0.4) is 0 Å². The Balaban J connectivity index is 1.90. The highest BCUT2D eigenvalue weighted by Crippen LogP contribution is 2.20. The lowest BCUT2D eigenvalue weighted by Crippen LogP contribution is -2.52. The number of rotatable bonds is 1. The number of amides is 1. The van der Waals surface area contributed by atoms with Gasteiger partial charge in [-0.05, 0) is 44.1 Å². The first-order valence-electron chi connectivity index (χ1n) is 6.69. The van der Waals surface area contributed by atoms with Crippen LogP contribution in [0.5, 0.6) is 0 Å². The molecule has 3 heteroatoms. The van der Waals surface area contributed by atoms with Gasteiger partial charge in [-0.15, -0.1) is 0 Å². The van der Waals surface area contributed by atoms with Gasteiger partial charge in [0.05, 0.1) is 6.04 Å². The Morgan fingerprint density at radius 2 is 2.06 bits per heavy atom. The van der Waals surface area contributed by atoms with Crippen molar-refractivity contribution in [3.8, 4) is 0 Å². The molecule has 0 aromatic rings. The molecule has 16 heavy (non-hydrogen) atoms. The molecule has 0 aromatic carbocycles. The molecule has 3 unspecified atom stereocenters. The number of hydrogen-bond acceptors (Lipinski definition) is 2. The summed E-state index contributed by atoms with van der Waals surface area (Å²) >= 11 is 0. The molecule has 0 radical (unpaired) electrons. The van der Waals surface area contributed by atoms with Gasteiger partial charge in [0.2, 0.25) is 5.91 Å².